The molecule has 1 fully saturated rings. The zero-order chi connectivity index (χ0) is 31.0. The fourth-order valence-corrected chi connectivity index (χ4v) is 5.17. The van der Waals surface area contributed by atoms with Crippen LogP contribution >= 0.6 is 0 Å². The van der Waals surface area contributed by atoms with Gasteiger partial charge in [0.25, 0.3) is 0 Å². The summed E-state index contributed by atoms with van der Waals surface area (Å²) in [6, 6.07) is 16.1. The Hall–Kier alpha value is -5.25. The van der Waals surface area contributed by atoms with Gasteiger partial charge in [-0.05, 0) is 54.1 Å². The number of hydrogen-bond donors (Lipinski definition) is 2. The SMILES string of the molecule is N#Cc1ccc(COc2cccc(-c3cc(F)c(Cc4nc5ccc(C(=O)O)cc5n4[C@H]4COC[C@H]4O)cc3F)n2)c(F)c1. The van der Waals surface area contributed by atoms with E-state index in [0.717, 1.165) is 18.2 Å². The number of ether oxygens (including phenoxy) is 2. The van der Waals surface area contributed by atoms with Crippen LogP contribution < -0.4 is 4.74 Å². The Labute approximate surface area is 248 Å². The number of fused-ring (bicyclic) bond motifs is 1. The number of benzene rings is 3. The molecule has 1 saturated heterocycles. The topological polar surface area (TPSA) is 130 Å². The summed E-state index contributed by atoms with van der Waals surface area (Å²) >= 11 is 0. The van der Waals surface area contributed by atoms with Crippen molar-refractivity contribution in [2.45, 2.75) is 25.2 Å². The van der Waals surface area contributed by atoms with Gasteiger partial charge >= 0.3 is 5.97 Å². The molecule has 44 heavy (non-hydrogen) atoms. The van der Waals surface area contributed by atoms with Crippen LogP contribution in [0.1, 0.15) is 38.9 Å². The average molecular weight is 601 g/mol. The quantitative estimate of drug-likeness (QED) is 0.249. The highest BCUT2D eigenvalue weighted by Gasteiger charge is 2.32. The highest BCUT2D eigenvalue weighted by Crippen LogP contribution is 2.31. The van der Waals surface area contributed by atoms with Crippen molar-refractivity contribution in [3.8, 4) is 23.2 Å². The molecule has 2 atom stereocenters. The van der Waals surface area contributed by atoms with E-state index in [9.17, 15) is 19.4 Å². The molecule has 3 aromatic carbocycles. The molecule has 0 amide bonds. The molecule has 0 unspecified atom stereocenters. The summed E-state index contributed by atoms with van der Waals surface area (Å²) in [5.41, 5.74) is 1.18. The van der Waals surface area contributed by atoms with E-state index in [1.807, 2.05) is 6.07 Å². The number of aromatic carboxylic acids is 1. The first-order valence-corrected chi connectivity index (χ1v) is 13.5. The van der Waals surface area contributed by atoms with E-state index < -0.39 is 35.6 Å². The van der Waals surface area contributed by atoms with Crippen molar-refractivity contribution in [3.63, 3.8) is 0 Å². The van der Waals surface area contributed by atoms with Crippen LogP contribution in [0, 0.1) is 28.8 Å². The molecule has 222 valence electrons. The van der Waals surface area contributed by atoms with Crippen LogP contribution in [0.15, 0.2) is 66.7 Å². The summed E-state index contributed by atoms with van der Waals surface area (Å²) in [6.45, 7) is 0.00630. The van der Waals surface area contributed by atoms with E-state index in [2.05, 4.69) is 9.97 Å². The normalized spacial score (nSPS) is 16.2. The summed E-state index contributed by atoms with van der Waals surface area (Å²) in [4.78, 5) is 20.4. The summed E-state index contributed by atoms with van der Waals surface area (Å²) in [5, 5.41) is 28.9. The van der Waals surface area contributed by atoms with Gasteiger partial charge in [0.2, 0.25) is 5.88 Å². The molecule has 1 aliphatic heterocycles. The lowest BCUT2D eigenvalue weighted by Crippen LogP contribution is -2.24. The molecule has 0 aliphatic carbocycles. The molecule has 2 aromatic heterocycles. The molecule has 0 bridgehead atoms. The smallest absolute Gasteiger partial charge is 0.335 e. The Balaban J connectivity index is 1.29. The van der Waals surface area contributed by atoms with Crippen LogP contribution in [0.3, 0.4) is 0 Å². The van der Waals surface area contributed by atoms with Crippen molar-refractivity contribution in [2.75, 3.05) is 13.2 Å². The van der Waals surface area contributed by atoms with E-state index in [4.69, 9.17) is 14.7 Å². The number of aromatic nitrogens is 3. The molecule has 2 N–H and O–H groups in total. The molecule has 12 heteroatoms. The minimum atomic E-state index is -1.14. The molecule has 1 aliphatic rings. The molecular weight excluding hydrogens is 577 g/mol. The van der Waals surface area contributed by atoms with Gasteiger partial charge in [-0.2, -0.15) is 5.26 Å². The van der Waals surface area contributed by atoms with Crippen molar-refractivity contribution in [2.24, 2.45) is 0 Å². The van der Waals surface area contributed by atoms with Gasteiger partial charge in [0.15, 0.2) is 0 Å². The van der Waals surface area contributed by atoms with Gasteiger partial charge in [-0.15, -0.1) is 0 Å². The highest BCUT2D eigenvalue weighted by molar-refractivity contribution is 5.92. The second kappa shape index (κ2) is 11.8. The number of nitriles is 1. The van der Waals surface area contributed by atoms with Crippen molar-refractivity contribution < 1.29 is 37.7 Å². The molecule has 3 heterocycles. The second-order valence-electron chi connectivity index (χ2n) is 10.2. The molecule has 9 nitrogen and oxygen atoms in total. The number of aliphatic hydroxyl groups excluding tert-OH is 1. The van der Waals surface area contributed by atoms with Crippen LogP contribution in [0.25, 0.3) is 22.3 Å². The number of aliphatic hydroxyl groups is 1. The first-order chi connectivity index (χ1) is 21.2. The van der Waals surface area contributed by atoms with Crippen molar-refractivity contribution in [1.82, 2.24) is 14.5 Å². The molecule has 6 rings (SSSR count). The van der Waals surface area contributed by atoms with E-state index in [0.29, 0.717) is 16.9 Å². The number of carbonyl (C=O) groups is 1. The number of hydrogen-bond acceptors (Lipinski definition) is 7. The Kier molecular flexibility index (Phi) is 7.73. The Bertz CT molecular complexity index is 1960. The molecule has 0 spiro atoms. The van der Waals surface area contributed by atoms with Gasteiger partial charge in [0, 0.05) is 23.6 Å². The number of carboxylic acid groups (broad SMARTS) is 1. The second-order valence-corrected chi connectivity index (χ2v) is 10.2. The third-order valence-corrected chi connectivity index (χ3v) is 7.40. The van der Waals surface area contributed by atoms with Crippen molar-refractivity contribution in [1.29, 1.82) is 5.26 Å². The zero-order valence-electron chi connectivity index (χ0n) is 22.9. The maximum atomic E-state index is 15.5. The number of halogens is 3. The highest BCUT2D eigenvalue weighted by atomic mass is 19.1. The van der Waals surface area contributed by atoms with Gasteiger partial charge < -0.3 is 24.3 Å². The first-order valence-electron chi connectivity index (χ1n) is 13.5. The van der Waals surface area contributed by atoms with Gasteiger partial charge in [-0.25, -0.2) is 27.9 Å². The van der Waals surface area contributed by atoms with Crippen LogP contribution in [0.4, 0.5) is 13.2 Å². The first kappa shape index (κ1) is 28.9. The van der Waals surface area contributed by atoms with Crippen molar-refractivity contribution >= 4 is 17.0 Å². The van der Waals surface area contributed by atoms with Crippen LogP contribution in [0.5, 0.6) is 5.88 Å². The number of imidazole rings is 1. The van der Waals surface area contributed by atoms with E-state index in [1.165, 1.54) is 42.5 Å². The predicted octanol–water partition coefficient (Wildman–Crippen LogP) is 5.19. The fraction of sp³-hybridized carbons (Fsp3) is 0.188. The number of rotatable bonds is 8. The number of nitrogens with zero attached hydrogens (tertiary/aromatic N) is 4. The summed E-state index contributed by atoms with van der Waals surface area (Å²) in [5.74, 6) is -2.90. The monoisotopic (exact) mass is 600 g/mol. The predicted molar refractivity (Wildman–Crippen MR) is 150 cm³/mol. The van der Waals surface area contributed by atoms with Crippen LogP contribution in [0.2, 0.25) is 0 Å². The lowest BCUT2D eigenvalue weighted by atomic mass is 10.0. The summed E-state index contributed by atoms with van der Waals surface area (Å²) < 4.78 is 57.8. The van der Waals surface area contributed by atoms with Crippen molar-refractivity contribution in [3.05, 3.63) is 112 Å². The molecule has 0 radical (unpaired) electrons. The molecule has 5 aromatic rings. The van der Waals surface area contributed by atoms with Gasteiger partial charge in [-0.3, -0.25) is 0 Å². The Morgan fingerprint density at radius 2 is 1.82 bits per heavy atom. The molecular formula is C32H23F3N4O5. The number of pyridine rings is 1. The van der Waals surface area contributed by atoms with Gasteiger partial charge in [-0.1, -0.05) is 12.1 Å². The Morgan fingerprint density at radius 1 is 1.00 bits per heavy atom. The van der Waals surface area contributed by atoms with E-state index in [-0.39, 0.29) is 65.6 Å². The minimum Gasteiger partial charge on any atom is -0.478 e. The average Bonchev–Trinajstić information content (AvgIpc) is 3.59. The van der Waals surface area contributed by atoms with E-state index >= 15 is 8.78 Å². The Morgan fingerprint density at radius 3 is 2.55 bits per heavy atom. The minimum absolute atomic E-state index is 0.0148. The van der Waals surface area contributed by atoms with E-state index in [1.54, 1.807) is 10.6 Å². The molecule has 0 saturated carbocycles. The lowest BCUT2D eigenvalue weighted by molar-refractivity contribution is 0.0697. The summed E-state index contributed by atoms with van der Waals surface area (Å²) in [7, 11) is 0. The van der Waals surface area contributed by atoms with Gasteiger partial charge in [0.1, 0.15) is 36.0 Å². The van der Waals surface area contributed by atoms with Crippen LogP contribution in [-0.2, 0) is 17.8 Å². The lowest BCUT2D eigenvalue weighted by Gasteiger charge is -2.19. The van der Waals surface area contributed by atoms with Crippen LogP contribution in [-0.4, -0.2) is 50.0 Å². The third kappa shape index (κ3) is 5.58. The maximum Gasteiger partial charge on any atom is 0.335 e. The fourth-order valence-electron chi connectivity index (χ4n) is 5.17. The zero-order valence-corrected chi connectivity index (χ0v) is 22.9. The number of carboxylic acids is 1. The standard InChI is InChI=1S/C32H23F3N4O5/c33-22-8-17(13-36)4-5-19(22)14-44-31-3-1-2-25(38-31)21-12-23(34)20(9-24(21)35)11-30-37-26-7-6-18(32(41)42)10-27(26)39(30)28-15-43-16-29(28)40/h1-10,12,28-29,40H,11,14-16H2,(H,41,42)/t28-,29+/m0/s1. The maximum absolute atomic E-state index is 15.5. The third-order valence-electron chi connectivity index (χ3n) is 7.40. The largest absolute Gasteiger partial charge is 0.478 e. The summed E-state index contributed by atoms with van der Waals surface area (Å²) in [6.07, 6.45) is -1.06. The van der Waals surface area contributed by atoms with Gasteiger partial charge in [0.05, 0.1) is 53.2 Å².